The molecule has 0 bridgehead atoms. The normalized spacial score (nSPS) is 17.0. The number of nitrogens with one attached hydrogen (secondary N) is 1. The number of nitrogens with two attached hydrogens (primary N) is 1. The molecule has 3 rings (SSSR count). The zero-order valence-electron chi connectivity index (χ0n) is 11.0. The fourth-order valence-electron chi connectivity index (χ4n) is 2.61. The van der Waals surface area contributed by atoms with E-state index in [2.05, 4.69) is 33.6 Å². The van der Waals surface area contributed by atoms with Gasteiger partial charge in [-0.1, -0.05) is 36.4 Å². The van der Waals surface area contributed by atoms with E-state index in [1.165, 1.54) is 5.56 Å². The van der Waals surface area contributed by atoms with Gasteiger partial charge in [0.25, 0.3) is 5.56 Å². The minimum atomic E-state index is -0.173. The molecule has 0 radical (unpaired) electrons. The predicted octanol–water partition coefficient (Wildman–Crippen LogP) is 1.64. The molecule has 1 unspecified atom stereocenters. The van der Waals surface area contributed by atoms with E-state index in [9.17, 15) is 4.79 Å². The SMILES string of the molecule is C=CC1CN(Cc2ccccc2)c2nc(N)[nH]c(=O)c21. The summed E-state index contributed by atoms with van der Waals surface area (Å²) >= 11 is 0. The molecule has 1 aliphatic heterocycles. The Balaban J connectivity index is 2.01. The van der Waals surface area contributed by atoms with E-state index in [-0.39, 0.29) is 17.4 Å². The summed E-state index contributed by atoms with van der Waals surface area (Å²) in [7, 11) is 0. The Morgan fingerprint density at radius 3 is 2.90 bits per heavy atom. The highest BCUT2D eigenvalue weighted by molar-refractivity contribution is 5.57. The first-order chi connectivity index (χ1) is 9.69. The lowest BCUT2D eigenvalue weighted by molar-refractivity contribution is 0.783. The van der Waals surface area contributed by atoms with Crippen LogP contribution in [0.25, 0.3) is 0 Å². The van der Waals surface area contributed by atoms with Crippen molar-refractivity contribution >= 4 is 11.8 Å². The Bertz CT molecular complexity index is 693. The number of benzene rings is 1. The highest BCUT2D eigenvalue weighted by Crippen LogP contribution is 2.33. The summed E-state index contributed by atoms with van der Waals surface area (Å²) in [4.78, 5) is 21.0. The van der Waals surface area contributed by atoms with E-state index in [1.54, 1.807) is 6.08 Å². The lowest BCUT2D eigenvalue weighted by atomic mass is 10.1. The largest absolute Gasteiger partial charge is 0.369 e. The van der Waals surface area contributed by atoms with Crippen LogP contribution in [0.2, 0.25) is 0 Å². The third-order valence-electron chi connectivity index (χ3n) is 3.54. The third kappa shape index (κ3) is 2.07. The van der Waals surface area contributed by atoms with Crippen molar-refractivity contribution in [2.45, 2.75) is 12.5 Å². The van der Waals surface area contributed by atoms with Gasteiger partial charge in [-0.2, -0.15) is 4.98 Å². The molecule has 20 heavy (non-hydrogen) atoms. The number of nitrogen functional groups attached to an aromatic ring is 1. The van der Waals surface area contributed by atoms with Crippen molar-refractivity contribution in [3.8, 4) is 0 Å². The fourth-order valence-corrected chi connectivity index (χ4v) is 2.61. The van der Waals surface area contributed by atoms with Crippen LogP contribution < -0.4 is 16.2 Å². The minimum Gasteiger partial charge on any atom is -0.369 e. The maximum atomic E-state index is 12.0. The summed E-state index contributed by atoms with van der Waals surface area (Å²) in [6, 6.07) is 10.1. The molecule has 0 spiro atoms. The van der Waals surface area contributed by atoms with Crippen LogP contribution in [0, 0.1) is 0 Å². The molecule has 1 aliphatic rings. The molecule has 5 nitrogen and oxygen atoms in total. The molecule has 0 saturated heterocycles. The molecule has 1 aromatic heterocycles. The van der Waals surface area contributed by atoms with Crippen molar-refractivity contribution < 1.29 is 0 Å². The molecule has 102 valence electrons. The maximum absolute atomic E-state index is 12.0. The summed E-state index contributed by atoms with van der Waals surface area (Å²) in [6.45, 7) is 5.21. The molecule has 2 aromatic rings. The predicted molar refractivity (Wildman–Crippen MR) is 79.7 cm³/mol. The van der Waals surface area contributed by atoms with Gasteiger partial charge >= 0.3 is 0 Å². The Kier molecular flexibility index (Phi) is 3.02. The number of hydrogen-bond acceptors (Lipinski definition) is 4. The first-order valence-corrected chi connectivity index (χ1v) is 6.50. The first-order valence-electron chi connectivity index (χ1n) is 6.50. The second-order valence-corrected chi connectivity index (χ2v) is 4.90. The Morgan fingerprint density at radius 2 is 2.20 bits per heavy atom. The maximum Gasteiger partial charge on any atom is 0.258 e. The number of nitrogens with zero attached hydrogens (tertiary/aromatic N) is 2. The van der Waals surface area contributed by atoms with Crippen LogP contribution in [0.15, 0.2) is 47.8 Å². The summed E-state index contributed by atoms with van der Waals surface area (Å²) in [6.07, 6.45) is 1.79. The van der Waals surface area contributed by atoms with E-state index in [1.807, 2.05) is 18.2 Å². The molecule has 2 heterocycles. The smallest absolute Gasteiger partial charge is 0.258 e. The van der Waals surface area contributed by atoms with Gasteiger partial charge in [-0.05, 0) is 5.56 Å². The molecular weight excluding hydrogens is 252 g/mol. The second kappa shape index (κ2) is 4.85. The number of fused-ring (bicyclic) bond motifs is 1. The van der Waals surface area contributed by atoms with Crippen molar-refractivity contribution in [1.82, 2.24) is 9.97 Å². The minimum absolute atomic E-state index is 0.00874. The van der Waals surface area contributed by atoms with E-state index in [0.29, 0.717) is 24.5 Å². The number of aromatic amines is 1. The van der Waals surface area contributed by atoms with E-state index < -0.39 is 0 Å². The van der Waals surface area contributed by atoms with Crippen LogP contribution in [0.1, 0.15) is 17.0 Å². The van der Waals surface area contributed by atoms with Crippen molar-refractivity contribution in [2.75, 3.05) is 17.2 Å². The lowest BCUT2D eigenvalue weighted by Gasteiger charge is -2.18. The molecule has 0 aliphatic carbocycles. The summed E-state index contributed by atoms with van der Waals surface area (Å²) in [5, 5.41) is 0. The third-order valence-corrected chi connectivity index (χ3v) is 3.54. The molecule has 1 aromatic carbocycles. The van der Waals surface area contributed by atoms with Gasteiger partial charge in [-0.3, -0.25) is 9.78 Å². The summed E-state index contributed by atoms with van der Waals surface area (Å²) < 4.78 is 0. The Morgan fingerprint density at radius 1 is 1.45 bits per heavy atom. The molecule has 1 atom stereocenters. The first kappa shape index (κ1) is 12.5. The number of H-pyrrole nitrogens is 1. The van der Waals surface area contributed by atoms with Crippen molar-refractivity contribution in [2.24, 2.45) is 0 Å². The number of aromatic nitrogens is 2. The molecule has 0 fully saturated rings. The van der Waals surface area contributed by atoms with E-state index in [0.717, 1.165) is 0 Å². The molecule has 0 amide bonds. The lowest BCUT2D eigenvalue weighted by Crippen LogP contribution is -2.22. The molecule has 3 N–H and O–H groups in total. The number of hydrogen-bond donors (Lipinski definition) is 2. The quantitative estimate of drug-likeness (QED) is 0.830. The second-order valence-electron chi connectivity index (χ2n) is 4.90. The highest BCUT2D eigenvalue weighted by Gasteiger charge is 2.31. The number of rotatable bonds is 3. The van der Waals surface area contributed by atoms with Crippen LogP contribution >= 0.6 is 0 Å². The van der Waals surface area contributed by atoms with Gasteiger partial charge < -0.3 is 10.6 Å². The zero-order chi connectivity index (χ0) is 14.1. The van der Waals surface area contributed by atoms with Crippen LogP contribution in [0.4, 0.5) is 11.8 Å². The van der Waals surface area contributed by atoms with Crippen molar-refractivity contribution in [3.05, 3.63) is 64.5 Å². The van der Waals surface area contributed by atoms with Crippen LogP contribution in [-0.2, 0) is 6.54 Å². The topological polar surface area (TPSA) is 75.0 Å². The number of anilines is 2. The van der Waals surface area contributed by atoms with Gasteiger partial charge in [0.1, 0.15) is 5.82 Å². The average Bonchev–Trinajstić information content (AvgIpc) is 2.78. The zero-order valence-corrected chi connectivity index (χ0v) is 11.0. The average molecular weight is 268 g/mol. The van der Waals surface area contributed by atoms with Crippen molar-refractivity contribution in [3.63, 3.8) is 0 Å². The fraction of sp³-hybridized carbons (Fsp3) is 0.200. The summed E-state index contributed by atoms with van der Waals surface area (Å²) in [5.74, 6) is 0.807. The van der Waals surface area contributed by atoms with Crippen LogP contribution in [0.5, 0.6) is 0 Å². The van der Waals surface area contributed by atoms with Gasteiger partial charge in [-0.25, -0.2) is 0 Å². The molecular formula is C15H16N4O. The molecule has 5 heteroatoms. The van der Waals surface area contributed by atoms with Gasteiger partial charge in [0, 0.05) is 19.0 Å². The van der Waals surface area contributed by atoms with Gasteiger partial charge in [0.15, 0.2) is 0 Å². The highest BCUT2D eigenvalue weighted by atomic mass is 16.1. The van der Waals surface area contributed by atoms with Gasteiger partial charge in [-0.15, -0.1) is 6.58 Å². The van der Waals surface area contributed by atoms with Crippen LogP contribution in [0.3, 0.4) is 0 Å². The van der Waals surface area contributed by atoms with Gasteiger partial charge in [0.2, 0.25) is 5.95 Å². The Hall–Kier alpha value is -2.56. The van der Waals surface area contributed by atoms with Gasteiger partial charge in [0.05, 0.1) is 5.56 Å². The van der Waals surface area contributed by atoms with E-state index >= 15 is 0 Å². The van der Waals surface area contributed by atoms with E-state index in [4.69, 9.17) is 5.73 Å². The Labute approximate surface area is 116 Å². The summed E-state index contributed by atoms with van der Waals surface area (Å²) in [5.41, 5.74) is 7.31. The molecule has 0 saturated carbocycles. The standard InChI is InChI=1S/C15H16N4O/c1-2-11-9-19(8-10-6-4-3-5-7-10)13-12(11)14(20)18-15(16)17-13/h2-7,11H,1,8-9H2,(H3,16,17,18,20). The van der Waals surface area contributed by atoms with Crippen LogP contribution in [-0.4, -0.2) is 16.5 Å². The monoisotopic (exact) mass is 268 g/mol. The van der Waals surface area contributed by atoms with Crippen molar-refractivity contribution in [1.29, 1.82) is 0 Å².